The van der Waals surface area contributed by atoms with Gasteiger partial charge in [0.25, 0.3) is 5.69 Å². The van der Waals surface area contributed by atoms with Gasteiger partial charge in [0.15, 0.2) is 5.58 Å². The van der Waals surface area contributed by atoms with Gasteiger partial charge in [-0.15, -0.1) is 0 Å². The quantitative estimate of drug-likeness (QED) is 0.356. The Morgan fingerprint density at radius 2 is 2.05 bits per heavy atom. The largest absolute Gasteiger partial charge is 0.436 e. The highest BCUT2D eigenvalue weighted by molar-refractivity contribution is 14.1. The number of hydrogen-bond acceptors (Lipinski definition) is 4. The Hall–Kier alpha value is -1.67. The molecule has 0 aliphatic heterocycles. The van der Waals surface area contributed by atoms with Gasteiger partial charge < -0.3 is 4.42 Å². The third-order valence-corrected chi connectivity index (χ3v) is 3.74. The molecule has 0 aliphatic carbocycles. The third kappa shape index (κ3) is 2.36. The van der Waals surface area contributed by atoms with Gasteiger partial charge in [0.2, 0.25) is 5.89 Å². The molecule has 100 valence electrons. The molecular formula is C13H6ClIN2O3. The van der Waals surface area contributed by atoms with Gasteiger partial charge in [0.05, 0.1) is 15.5 Å². The SMILES string of the molecule is O=[N+]([O-])c1ccc2oc(-c3cc(I)ccc3Cl)nc2c1. The summed E-state index contributed by atoms with van der Waals surface area (Å²) in [6.45, 7) is 0. The van der Waals surface area contributed by atoms with Crippen molar-refractivity contribution in [2.45, 2.75) is 0 Å². The zero-order valence-electron chi connectivity index (χ0n) is 9.84. The van der Waals surface area contributed by atoms with Gasteiger partial charge in [-0.3, -0.25) is 10.1 Å². The molecule has 0 N–H and O–H groups in total. The van der Waals surface area contributed by atoms with Crippen molar-refractivity contribution in [1.29, 1.82) is 0 Å². The number of rotatable bonds is 2. The van der Waals surface area contributed by atoms with Crippen LogP contribution in [0.25, 0.3) is 22.6 Å². The predicted octanol–water partition coefficient (Wildman–Crippen LogP) is 4.66. The molecule has 2 aromatic carbocycles. The third-order valence-electron chi connectivity index (χ3n) is 2.74. The van der Waals surface area contributed by atoms with Crippen molar-refractivity contribution in [2.75, 3.05) is 0 Å². The Kier molecular flexibility index (Phi) is 3.35. The van der Waals surface area contributed by atoms with E-state index in [0.29, 0.717) is 27.6 Å². The fourth-order valence-corrected chi connectivity index (χ4v) is 2.50. The summed E-state index contributed by atoms with van der Waals surface area (Å²) in [6, 6.07) is 9.78. The summed E-state index contributed by atoms with van der Waals surface area (Å²) in [4.78, 5) is 14.5. The van der Waals surface area contributed by atoms with Crippen LogP contribution in [0.15, 0.2) is 40.8 Å². The summed E-state index contributed by atoms with van der Waals surface area (Å²) < 4.78 is 6.60. The molecule has 0 unspecified atom stereocenters. The Balaban J connectivity index is 2.17. The van der Waals surface area contributed by atoms with E-state index in [4.69, 9.17) is 16.0 Å². The summed E-state index contributed by atoms with van der Waals surface area (Å²) in [5, 5.41) is 11.3. The minimum atomic E-state index is -0.466. The molecule has 0 saturated heterocycles. The number of oxazole rings is 1. The van der Waals surface area contributed by atoms with Crippen molar-refractivity contribution in [2.24, 2.45) is 0 Å². The van der Waals surface area contributed by atoms with Crippen molar-refractivity contribution in [3.63, 3.8) is 0 Å². The van der Waals surface area contributed by atoms with Crippen molar-refractivity contribution in [3.8, 4) is 11.5 Å². The van der Waals surface area contributed by atoms with Crippen LogP contribution < -0.4 is 0 Å². The normalized spacial score (nSPS) is 10.9. The van der Waals surface area contributed by atoms with E-state index in [-0.39, 0.29) is 5.69 Å². The first-order valence-electron chi connectivity index (χ1n) is 5.55. The van der Waals surface area contributed by atoms with Gasteiger partial charge in [-0.05, 0) is 46.9 Å². The van der Waals surface area contributed by atoms with Crippen molar-refractivity contribution in [1.82, 2.24) is 4.98 Å². The Labute approximate surface area is 131 Å². The van der Waals surface area contributed by atoms with E-state index in [1.165, 1.54) is 18.2 Å². The minimum Gasteiger partial charge on any atom is -0.436 e. The fraction of sp³-hybridized carbons (Fsp3) is 0. The molecule has 1 aromatic heterocycles. The van der Waals surface area contributed by atoms with E-state index < -0.39 is 4.92 Å². The number of fused-ring (bicyclic) bond motifs is 1. The smallest absolute Gasteiger partial charge is 0.271 e. The number of nitrogens with zero attached hydrogens (tertiary/aromatic N) is 2. The van der Waals surface area contributed by atoms with Crippen LogP contribution >= 0.6 is 34.2 Å². The molecule has 0 radical (unpaired) electrons. The summed E-state index contributed by atoms with van der Waals surface area (Å²) >= 11 is 8.29. The first-order chi connectivity index (χ1) is 9.54. The average Bonchev–Trinajstić information content (AvgIpc) is 2.83. The van der Waals surface area contributed by atoms with Crippen LogP contribution in [0.1, 0.15) is 0 Å². The van der Waals surface area contributed by atoms with E-state index in [1.807, 2.05) is 12.1 Å². The van der Waals surface area contributed by atoms with E-state index in [9.17, 15) is 10.1 Å². The molecule has 7 heteroatoms. The van der Waals surface area contributed by atoms with Crippen LogP contribution in [0, 0.1) is 13.7 Å². The second-order valence-electron chi connectivity index (χ2n) is 4.05. The van der Waals surface area contributed by atoms with Crippen LogP contribution in [-0.4, -0.2) is 9.91 Å². The molecule has 1 heterocycles. The van der Waals surface area contributed by atoms with Gasteiger partial charge in [0, 0.05) is 15.7 Å². The second kappa shape index (κ2) is 5.02. The Morgan fingerprint density at radius 1 is 1.25 bits per heavy atom. The van der Waals surface area contributed by atoms with Crippen LogP contribution in [0.3, 0.4) is 0 Å². The van der Waals surface area contributed by atoms with E-state index in [1.54, 1.807) is 6.07 Å². The number of non-ortho nitro benzene ring substituents is 1. The molecule has 3 rings (SSSR count). The molecule has 0 atom stereocenters. The fourth-order valence-electron chi connectivity index (χ4n) is 1.81. The van der Waals surface area contributed by atoms with Crippen LogP contribution in [0.2, 0.25) is 5.02 Å². The van der Waals surface area contributed by atoms with Crippen LogP contribution in [0.5, 0.6) is 0 Å². The van der Waals surface area contributed by atoms with E-state index >= 15 is 0 Å². The highest BCUT2D eigenvalue weighted by Gasteiger charge is 2.14. The zero-order chi connectivity index (χ0) is 14.3. The predicted molar refractivity (Wildman–Crippen MR) is 83.8 cm³/mol. The van der Waals surface area contributed by atoms with E-state index in [2.05, 4.69) is 27.6 Å². The molecule has 0 amide bonds. The molecule has 0 aliphatic rings. The molecular weight excluding hydrogens is 395 g/mol. The lowest BCUT2D eigenvalue weighted by atomic mass is 10.2. The van der Waals surface area contributed by atoms with Crippen LogP contribution in [-0.2, 0) is 0 Å². The first kappa shape index (κ1) is 13.3. The summed E-state index contributed by atoms with van der Waals surface area (Å²) in [6.07, 6.45) is 0. The molecule has 20 heavy (non-hydrogen) atoms. The van der Waals surface area contributed by atoms with Gasteiger partial charge in [-0.25, -0.2) is 4.98 Å². The standard InChI is InChI=1S/C13H6ClIN2O3/c14-10-3-1-7(15)5-9(10)13-16-11-6-8(17(18)19)2-4-12(11)20-13/h1-6H. The van der Waals surface area contributed by atoms with Gasteiger partial charge in [0.1, 0.15) is 5.52 Å². The van der Waals surface area contributed by atoms with Gasteiger partial charge in [-0.2, -0.15) is 0 Å². The van der Waals surface area contributed by atoms with Crippen LogP contribution in [0.4, 0.5) is 5.69 Å². The number of aromatic nitrogens is 1. The number of nitro benzene ring substituents is 1. The summed E-state index contributed by atoms with van der Waals surface area (Å²) in [5.41, 5.74) is 1.56. The highest BCUT2D eigenvalue weighted by Crippen LogP contribution is 2.32. The molecule has 0 spiro atoms. The minimum absolute atomic E-state index is 0.0221. The lowest BCUT2D eigenvalue weighted by Crippen LogP contribution is -1.86. The van der Waals surface area contributed by atoms with Gasteiger partial charge >= 0.3 is 0 Å². The number of hydrogen-bond donors (Lipinski definition) is 0. The maximum atomic E-state index is 10.7. The maximum absolute atomic E-state index is 10.7. The molecule has 5 nitrogen and oxygen atoms in total. The molecule has 0 fully saturated rings. The Bertz CT molecular complexity index is 832. The zero-order valence-corrected chi connectivity index (χ0v) is 12.8. The van der Waals surface area contributed by atoms with Crippen molar-refractivity contribution < 1.29 is 9.34 Å². The maximum Gasteiger partial charge on any atom is 0.271 e. The lowest BCUT2D eigenvalue weighted by Gasteiger charge is -1.99. The number of halogens is 2. The van der Waals surface area contributed by atoms with Crippen molar-refractivity contribution >= 4 is 51.0 Å². The lowest BCUT2D eigenvalue weighted by molar-refractivity contribution is -0.384. The van der Waals surface area contributed by atoms with E-state index in [0.717, 1.165) is 3.57 Å². The molecule has 0 bridgehead atoms. The summed E-state index contributed by atoms with van der Waals surface area (Å²) in [7, 11) is 0. The number of benzene rings is 2. The molecule has 0 saturated carbocycles. The Morgan fingerprint density at radius 3 is 2.80 bits per heavy atom. The topological polar surface area (TPSA) is 69.2 Å². The summed E-state index contributed by atoms with van der Waals surface area (Å²) in [5.74, 6) is 0.351. The first-order valence-corrected chi connectivity index (χ1v) is 7.00. The average molecular weight is 401 g/mol. The van der Waals surface area contributed by atoms with Crippen molar-refractivity contribution in [3.05, 3.63) is 55.1 Å². The monoisotopic (exact) mass is 400 g/mol. The van der Waals surface area contributed by atoms with Gasteiger partial charge in [-0.1, -0.05) is 11.6 Å². The highest BCUT2D eigenvalue weighted by atomic mass is 127. The molecule has 3 aromatic rings. The second-order valence-corrected chi connectivity index (χ2v) is 5.71. The number of nitro groups is 1.